The Morgan fingerprint density at radius 1 is 0.305 bits per heavy atom. The summed E-state index contributed by atoms with van der Waals surface area (Å²) in [6, 6.07) is 81.8. The number of nitrogens with zero attached hydrogens (tertiary/aromatic N) is 2. The molecule has 0 spiro atoms. The average molecular weight is 1080 g/mol. The first-order valence-electron chi connectivity index (χ1n) is 29.4. The standard InChI is InChI=1S/C78H71BN2S/c1-75(2,3)52-35-38-67(62(46-52)50-33-37-61-59-28-17-16-26-57(59)58-27-18-19-29-60(58)63(61)44-50)80-68-39-36-53(76(4,5)6)47-65(68)79-72-69(80)31-22-32-70(72)81(73-64-43-49(48-23-14-13-15-24-48)34-40-71(64)82-74(73)79)66-30-21-20-25-56(66)51-41-54(77(7,8)9)45-55(42-51)78(10,11)12/h13-47H,1-12H3. The molecule has 0 saturated heterocycles. The van der Waals surface area contributed by atoms with Crippen molar-refractivity contribution in [3.63, 3.8) is 0 Å². The van der Waals surface area contributed by atoms with Crippen molar-refractivity contribution in [3.8, 4) is 33.4 Å². The molecule has 11 aromatic carbocycles. The van der Waals surface area contributed by atoms with Crippen LogP contribution in [0, 0.1) is 0 Å². The molecular formula is C78H71BN2S. The van der Waals surface area contributed by atoms with E-state index in [4.69, 9.17) is 0 Å². The Kier molecular flexibility index (Phi) is 11.8. The monoisotopic (exact) mass is 1080 g/mol. The van der Waals surface area contributed by atoms with Gasteiger partial charge < -0.3 is 9.80 Å². The van der Waals surface area contributed by atoms with E-state index in [1.807, 2.05) is 11.3 Å². The van der Waals surface area contributed by atoms with Crippen LogP contribution in [-0.2, 0) is 21.7 Å². The van der Waals surface area contributed by atoms with Crippen molar-refractivity contribution in [2.45, 2.75) is 105 Å². The second-order valence-electron chi connectivity index (χ2n) is 27.4. The van der Waals surface area contributed by atoms with E-state index in [-0.39, 0.29) is 28.4 Å². The van der Waals surface area contributed by atoms with Crippen molar-refractivity contribution in [2.24, 2.45) is 0 Å². The first-order chi connectivity index (χ1) is 39.2. The molecule has 0 unspecified atom stereocenters. The summed E-state index contributed by atoms with van der Waals surface area (Å²) in [5.74, 6) is 0. The molecule has 2 aliphatic heterocycles. The quantitative estimate of drug-likeness (QED) is 0.125. The predicted octanol–water partition coefficient (Wildman–Crippen LogP) is 20.6. The molecule has 0 bridgehead atoms. The summed E-state index contributed by atoms with van der Waals surface area (Å²) in [6.07, 6.45) is 0. The Bertz CT molecular complexity index is 4500. The predicted molar refractivity (Wildman–Crippen MR) is 359 cm³/mol. The van der Waals surface area contributed by atoms with Gasteiger partial charge in [0.05, 0.1) is 17.1 Å². The molecule has 2 nitrogen and oxygen atoms in total. The maximum absolute atomic E-state index is 2.67. The highest BCUT2D eigenvalue weighted by molar-refractivity contribution is 7.33. The van der Waals surface area contributed by atoms with Crippen LogP contribution < -0.4 is 25.5 Å². The summed E-state index contributed by atoms with van der Waals surface area (Å²) in [7, 11) is 0. The highest BCUT2D eigenvalue weighted by Gasteiger charge is 2.46. The lowest BCUT2D eigenvalue weighted by Crippen LogP contribution is -2.60. The highest BCUT2D eigenvalue weighted by Crippen LogP contribution is 2.53. The lowest BCUT2D eigenvalue weighted by atomic mass is 9.36. The van der Waals surface area contributed by atoms with Gasteiger partial charge in [0, 0.05) is 43.1 Å². The van der Waals surface area contributed by atoms with Crippen LogP contribution >= 0.6 is 11.3 Å². The molecule has 14 rings (SSSR count). The van der Waals surface area contributed by atoms with Crippen molar-refractivity contribution in [1.82, 2.24) is 0 Å². The van der Waals surface area contributed by atoms with E-state index < -0.39 is 0 Å². The van der Waals surface area contributed by atoms with Crippen LogP contribution in [-0.4, -0.2) is 6.71 Å². The summed E-state index contributed by atoms with van der Waals surface area (Å²) in [5, 5.41) is 8.97. The fourth-order valence-corrected chi connectivity index (χ4v) is 14.6. The SMILES string of the molecule is CC(C)(C)c1cc(-c2ccccc2N2c3cccc4c3B(c3cc(C(C)(C)C)ccc3N4c3ccc(C(C)(C)C)cc3-c3ccc4c5ccccc5c5ccccc5c4c3)c3sc4ccc(-c5ccccc5)cc4c32)cc(C(C)(C)C)c1. The lowest BCUT2D eigenvalue weighted by molar-refractivity contribution is 0.569. The second kappa shape index (κ2) is 18.7. The van der Waals surface area contributed by atoms with Gasteiger partial charge >= 0.3 is 0 Å². The van der Waals surface area contributed by atoms with E-state index in [2.05, 4.69) is 305 Å². The molecular weight excluding hydrogens is 1010 g/mol. The molecule has 4 heteroatoms. The average Bonchev–Trinajstić information content (AvgIpc) is 1.53. The van der Waals surface area contributed by atoms with Crippen molar-refractivity contribution in [1.29, 1.82) is 0 Å². The minimum absolute atomic E-state index is 0.0370. The van der Waals surface area contributed by atoms with E-state index in [1.165, 1.54) is 148 Å². The van der Waals surface area contributed by atoms with Crippen molar-refractivity contribution in [3.05, 3.63) is 235 Å². The minimum atomic E-state index is -0.0860. The maximum atomic E-state index is 2.67. The number of hydrogen-bond donors (Lipinski definition) is 0. The fourth-order valence-electron chi connectivity index (χ4n) is 13.3. The largest absolute Gasteiger partial charge is 0.311 e. The topological polar surface area (TPSA) is 6.48 Å². The molecule has 2 aliphatic rings. The second-order valence-corrected chi connectivity index (χ2v) is 28.5. The highest BCUT2D eigenvalue weighted by atomic mass is 32.1. The number of para-hydroxylation sites is 1. The number of hydrogen-bond acceptors (Lipinski definition) is 3. The van der Waals surface area contributed by atoms with Crippen molar-refractivity contribution >= 4 is 110 Å². The normalized spacial score (nSPS) is 13.5. The van der Waals surface area contributed by atoms with Crippen molar-refractivity contribution < 1.29 is 0 Å². The smallest absolute Gasteiger partial charge is 0.264 e. The van der Waals surface area contributed by atoms with Gasteiger partial charge in [0.15, 0.2) is 0 Å². The summed E-state index contributed by atoms with van der Waals surface area (Å²) < 4.78 is 2.66. The first kappa shape index (κ1) is 51.9. The van der Waals surface area contributed by atoms with Gasteiger partial charge in [-0.05, 0) is 164 Å². The third-order valence-electron chi connectivity index (χ3n) is 17.8. The third kappa shape index (κ3) is 8.42. The van der Waals surface area contributed by atoms with Crippen LogP contribution in [0.3, 0.4) is 0 Å². The molecule has 0 saturated carbocycles. The van der Waals surface area contributed by atoms with Crippen molar-refractivity contribution in [2.75, 3.05) is 9.80 Å². The molecule has 1 aromatic heterocycles. The Morgan fingerprint density at radius 2 is 0.805 bits per heavy atom. The Labute approximate surface area is 489 Å². The van der Waals surface area contributed by atoms with Crippen LogP contribution in [0.1, 0.15) is 105 Å². The van der Waals surface area contributed by atoms with E-state index in [0.29, 0.717) is 0 Å². The Hall–Kier alpha value is -8.18. The summed E-state index contributed by atoms with van der Waals surface area (Å²) >= 11 is 1.98. The number of benzene rings is 11. The van der Waals surface area contributed by atoms with Gasteiger partial charge in [0.2, 0.25) is 0 Å². The number of thiophene rings is 1. The zero-order valence-electron chi connectivity index (χ0n) is 49.6. The van der Waals surface area contributed by atoms with E-state index in [1.54, 1.807) is 0 Å². The number of fused-ring (bicyclic) bond motifs is 12. The molecule has 402 valence electrons. The van der Waals surface area contributed by atoms with Gasteiger partial charge in [0.25, 0.3) is 6.71 Å². The van der Waals surface area contributed by atoms with Gasteiger partial charge in [0.1, 0.15) is 0 Å². The van der Waals surface area contributed by atoms with Crippen LogP contribution in [0.4, 0.5) is 34.1 Å². The van der Waals surface area contributed by atoms with Crippen LogP contribution in [0.5, 0.6) is 0 Å². The maximum Gasteiger partial charge on any atom is 0.264 e. The molecule has 0 amide bonds. The van der Waals surface area contributed by atoms with E-state index in [9.17, 15) is 0 Å². The molecule has 3 heterocycles. The van der Waals surface area contributed by atoms with Gasteiger partial charge in [-0.2, -0.15) is 0 Å². The minimum Gasteiger partial charge on any atom is -0.311 e. The van der Waals surface area contributed by atoms with Gasteiger partial charge in [-0.3, -0.25) is 0 Å². The van der Waals surface area contributed by atoms with Gasteiger partial charge in [-0.15, -0.1) is 11.3 Å². The van der Waals surface area contributed by atoms with Crippen LogP contribution in [0.25, 0.3) is 75.8 Å². The number of rotatable bonds is 5. The van der Waals surface area contributed by atoms with E-state index in [0.717, 1.165) is 0 Å². The molecule has 82 heavy (non-hydrogen) atoms. The Morgan fingerprint density at radius 3 is 1.44 bits per heavy atom. The van der Waals surface area contributed by atoms with Crippen LogP contribution in [0.2, 0.25) is 0 Å². The summed E-state index contributed by atoms with van der Waals surface area (Å²) in [5.41, 5.74) is 22.3. The van der Waals surface area contributed by atoms with Gasteiger partial charge in [-0.25, -0.2) is 0 Å². The molecule has 0 radical (unpaired) electrons. The first-order valence-corrected chi connectivity index (χ1v) is 30.3. The van der Waals surface area contributed by atoms with Gasteiger partial charge in [-0.1, -0.05) is 241 Å². The summed E-state index contributed by atoms with van der Waals surface area (Å²) in [4.78, 5) is 5.31. The molecule has 12 aromatic rings. The molecule has 0 N–H and O–H groups in total. The molecule has 0 fully saturated rings. The van der Waals surface area contributed by atoms with E-state index >= 15 is 0 Å². The summed E-state index contributed by atoms with van der Waals surface area (Å²) in [6.45, 7) is 28.2. The van der Waals surface area contributed by atoms with Crippen LogP contribution in [0.15, 0.2) is 212 Å². The number of anilines is 6. The zero-order chi connectivity index (χ0) is 56.8. The lowest BCUT2D eigenvalue weighted by Gasteiger charge is -2.44. The third-order valence-corrected chi connectivity index (χ3v) is 19.1. The molecule has 0 aliphatic carbocycles. The fraction of sp³-hybridized carbons (Fsp3) is 0.205. The zero-order valence-corrected chi connectivity index (χ0v) is 50.4. The molecule has 0 atom stereocenters. The Balaban J connectivity index is 1.07.